The number of anilines is 1. The quantitative estimate of drug-likeness (QED) is 0.822. The maximum absolute atomic E-state index is 12.1. The van der Waals surface area contributed by atoms with Gasteiger partial charge in [0.2, 0.25) is 0 Å². The minimum atomic E-state index is -0.128. The zero-order valence-corrected chi connectivity index (χ0v) is 11.8. The third-order valence-corrected chi connectivity index (χ3v) is 3.77. The number of nitrogens with one attached hydrogen (secondary N) is 1. The summed E-state index contributed by atoms with van der Waals surface area (Å²) in [5, 5.41) is 3.71. The highest BCUT2D eigenvalue weighted by Crippen LogP contribution is 2.30. The first-order chi connectivity index (χ1) is 8.58. The van der Waals surface area contributed by atoms with Gasteiger partial charge in [0.1, 0.15) is 0 Å². The first-order valence-electron chi connectivity index (χ1n) is 6.08. The average Bonchev–Trinajstić information content (AvgIpc) is 2.34. The van der Waals surface area contributed by atoms with Crippen LogP contribution in [0.3, 0.4) is 0 Å². The number of carbonyl (C=O) groups excluding carboxylic acids is 1. The van der Waals surface area contributed by atoms with Gasteiger partial charge < -0.3 is 10.2 Å². The second-order valence-electron chi connectivity index (χ2n) is 4.72. The molecule has 1 aliphatic rings. The van der Waals surface area contributed by atoms with Crippen LogP contribution in [0, 0.1) is 5.92 Å². The van der Waals surface area contributed by atoms with Gasteiger partial charge in [-0.05, 0) is 30.9 Å². The molecular weight excluding hydrogens is 271 g/mol. The zero-order chi connectivity index (χ0) is 13.1. The van der Waals surface area contributed by atoms with Gasteiger partial charge in [0.25, 0.3) is 0 Å². The van der Waals surface area contributed by atoms with Crippen LogP contribution in [0.4, 0.5) is 10.5 Å². The van der Waals surface area contributed by atoms with Crippen molar-refractivity contribution in [3.63, 3.8) is 0 Å². The van der Waals surface area contributed by atoms with E-state index in [9.17, 15) is 4.79 Å². The van der Waals surface area contributed by atoms with Crippen LogP contribution in [0.2, 0.25) is 10.0 Å². The molecule has 0 aromatic heterocycles. The fraction of sp³-hybridized carbons (Fsp3) is 0.462. The number of para-hydroxylation sites is 1. The van der Waals surface area contributed by atoms with Crippen molar-refractivity contribution >= 4 is 34.9 Å². The molecule has 1 atom stereocenters. The monoisotopic (exact) mass is 286 g/mol. The number of nitrogens with zero attached hydrogens (tertiary/aromatic N) is 1. The Labute approximate surface area is 117 Å². The van der Waals surface area contributed by atoms with Gasteiger partial charge in [-0.15, -0.1) is 0 Å². The summed E-state index contributed by atoms with van der Waals surface area (Å²) in [5.41, 5.74) is 0.490. The summed E-state index contributed by atoms with van der Waals surface area (Å²) in [6, 6.07) is 5.05. The molecule has 1 saturated heterocycles. The van der Waals surface area contributed by atoms with E-state index in [1.165, 1.54) is 6.42 Å². The Morgan fingerprint density at radius 1 is 1.39 bits per heavy atom. The Morgan fingerprint density at radius 2 is 2.06 bits per heavy atom. The molecule has 1 aliphatic heterocycles. The van der Waals surface area contributed by atoms with Crippen LogP contribution in [0.1, 0.15) is 19.8 Å². The number of hydrogen-bond acceptors (Lipinski definition) is 1. The second kappa shape index (κ2) is 5.81. The molecule has 0 radical (unpaired) electrons. The summed E-state index contributed by atoms with van der Waals surface area (Å²) in [6.45, 7) is 3.73. The molecule has 0 unspecified atom stereocenters. The van der Waals surface area contributed by atoms with E-state index >= 15 is 0 Å². The number of likely N-dealkylation sites (tertiary alicyclic amines) is 1. The van der Waals surface area contributed by atoms with E-state index in [-0.39, 0.29) is 6.03 Å². The van der Waals surface area contributed by atoms with Gasteiger partial charge in [0.15, 0.2) is 0 Å². The summed E-state index contributed by atoms with van der Waals surface area (Å²) in [6.07, 6.45) is 2.22. The third kappa shape index (κ3) is 3.09. The van der Waals surface area contributed by atoms with Crippen molar-refractivity contribution in [2.45, 2.75) is 19.8 Å². The maximum Gasteiger partial charge on any atom is 0.321 e. The van der Waals surface area contributed by atoms with Gasteiger partial charge >= 0.3 is 6.03 Å². The average molecular weight is 287 g/mol. The first kappa shape index (κ1) is 13.5. The van der Waals surface area contributed by atoms with E-state index in [0.717, 1.165) is 19.5 Å². The van der Waals surface area contributed by atoms with Gasteiger partial charge in [0.05, 0.1) is 15.7 Å². The molecule has 18 heavy (non-hydrogen) atoms. The smallest absolute Gasteiger partial charge is 0.321 e. The summed E-state index contributed by atoms with van der Waals surface area (Å²) < 4.78 is 0. The summed E-state index contributed by atoms with van der Waals surface area (Å²) >= 11 is 12.0. The molecule has 1 heterocycles. The topological polar surface area (TPSA) is 32.3 Å². The van der Waals surface area contributed by atoms with Crippen molar-refractivity contribution in [3.8, 4) is 0 Å². The number of halogens is 2. The van der Waals surface area contributed by atoms with Crippen molar-refractivity contribution in [1.82, 2.24) is 4.90 Å². The van der Waals surface area contributed by atoms with Crippen molar-refractivity contribution in [2.75, 3.05) is 18.4 Å². The van der Waals surface area contributed by atoms with Crippen LogP contribution >= 0.6 is 23.2 Å². The number of amides is 2. The largest absolute Gasteiger partial charge is 0.324 e. The fourth-order valence-electron chi connectivity index (χ4n) is 2.18. The van der Waals surface area contributed by atoms with Crippen molar-refractivity contribution in [2.24, 2.45) is 5.92 Å². The number of hydrogen-bond donors (Lipinski definition) is 1. The Hall–Kier alpha value is -0.930. The zero-order valence-electron chi connectivity index (χ0n) is 10.2. The highest BCUT2D eigenvalue weighted by atomic mass is 35.5. The van der Waals surface area contributed by atoms with E-state index in [1.807, 2.05) is 4.90 Å². The predicted octanol–water partition coefficient (Wildman–Crippen LogP) is 4.26. The number of urea groups is 1. The molecule has 2 amide bonds. The number of benzene rings is 1. The highest BCUT2D eigenvalue weighted by Gasteiger charge is 2.21. The van der Waals surface area contributed by atoms with Gasteiger partial charge in [-0.2, -0.15) is 0 Å². The summed E-state index contributed by atoms with van der Waals surface area (Å²) in [7, 11) is 0. The molecule has 2 rings (SSSR count). The normalized spacial score (nSPS) is 19.7. The fourth-order valence-corrected chi connectivity index (χ4v) is 2.67. The van der Waals surface area contributed by atoms with Crippen LogP contribution in [-0.4, -0.2) is 24.0 Å². The van der Waals surface area contributed by atoms with E-state index < -0.39 is 0 Å². The van der Waals surface area contributed by atoms with Gasteiger partial charge in [0, 0.05) is 13.1 Å². The molecule has 1 N–H and O–H groups in total. The van der Waals surface area contributed by atoms with Crippen molar-refractivity contribution in [1.29, 1.82) is 0 Å². The lowest BCUT2D eigenvalue weighted by molar-refractivity contribution is 0.182. The Kier molecular flexibility index (Phi) is 4.36. The standard InChI is InChI=1S/C13H16Cl2N2O/c1-9-4-3-7-17(8-9)13(18)16-12-10(14)5-2-6-11(12)15/h2,5-6,9H,3-4,7-8H2,1H3,(H,16,18)/t9-/m1/s1. The lowest BCUT2D eigenvalue weighted by Gasteiger charge is -2.31. The first-order valence-corrected chi connectivity index (χ1v) is 6.83. The minimum absolute atomic E-state index is 0.128. The highest BCUT2D eigenvalue weighted by molar-refractivity contribution is 6.39. The van der Waals surface area contributed by atoms with Crippen molar-refractivity contribution < 1.29 is 4.79 Å². The van der Waals surface area contributed by atoms with Crippen molar-refractivity contribution in [3.05, 3.63) is 28.2 Å². The van der Waals surface area contributed by atoms with Crippen LogP contribution < -0.4 is 5.32 Å². The van der Waals surface area contributed by atoms with E-state index in [2.05, 4.69) is 12.2 Å². The number of rotatable bonds is 1. The molecule has 0 spiro atoms. The van der Waals surface area contributed by atoms with Gasteiger partial charge in [-0.1, -0.05) is 36.2 Å². The predicted molar refractivity (Wildman–Crippen MR) is 75.5 cm³/mol. The van der Waals surface area contributed by atoms with Crippen LogP contribution in [-0.2, 0) is 0 Å². The van der Waals surface area contributed by atoms with Gasteiger partial charge in [-0.25, -0.2) is 4.79 Å². The second-order valence-corrected chi connectivity index (χ2v) is 5.53. The Bertz CT molecular complexity index is 430. The molecule has 1 aromatic carbocycles. The molecular formula is C13H16Cl2N2O. The minimum Gasteiger partial charge on any atom is -0.324 e. The van der Waals surface area contributed by atoms with Crippen LogP contribution in [0.5, 0.6) is 0 Å². The third-order valence-electron chi connectivity index (χ3n) is 3.14. The lowest BCUT2D eigenvalue weighted by Crippen LogP contribution is -2.41. The summed E-state index contributed by atoms with van der Waals surface area (Å²) in [4.78, 5) is 13.9. The van der Waals surface area contributed by atoms with E-state index in [0.29, 0.717) is 21.7 Å². The molecule has 98 valence electrons. The van der Waals surface area contributed by atoms with E-state index in [1.54, 1.807) is 18.2 Å². The Balaban J connectivity index is 2.07. The maximum atomic E-state index is 12.1. The molecule has 0 aliphatic carbocycles. The molecule has 1 aromatic rings. The molecule has 3 nitrogen and oxygen atoms in total. The Morgan fingerprint density at radius 3 is 2.67 bits per heavy atom. The van der Waals surface area contributed by atoms with E-state index in [4.69, 9.17) is 23.2 Å². The van der Waals surface area contributed by atoms with Crippen LogP contribution in [0.25, 0.3) is 0 Å². The lowest BCUT2D eigenvalue weighted by atomic mass is 10.0. The number of carbonyl (C=O) groups is 1. The molecule has 5 heteroatoms. The SMILES string of the molecule is C[C@@H]1CCCN(C(=O)Nc2c(Cl)cccc2Cl)C1. The molecule has 0 bridgehead atoms. The number of piperidine rings is 1. The molecule has 0 saturated carbocycles. The summed E-state index contributed by atoms with van der Waals surface area (Å²) in [5.74, 6) is 0.547. The van der Waals surface area contributed by atoms with Gasteiger partial charge in [-0.3, -0.25) is 0 Å². The molecule has 1 fully saturated rings. The van der Waals surface area contributed by atoms with Crippen LogP contribution in [0.15, 0.2) is 18.2 Å².